The Hall–Kier alpha value is -2.91. The van der Waals surface area contributed by atoms with Gasteiger partial charge in [0.25, 0.3) is 0 Å². The van der Waals surface area contributed by atoms with Crippen molar-refractivity contribution in [3.63, 3.8) is 0 Å². The molecule has 0 bridgehead atoms. The Morgan fingerprint density at radius 3 is 2.85 bits per heavy atom. The number of carboxylic acids is 1. The molecular weight excluding hydrogens is 372 g/mol. The van der Waals surface area contributed by atoms with Crippen LogP contribution in [0.15, 0.2) is 36.9 Å². The van der Waals surface area contributed by atoms with Crippen molar-refractivity contribution in [3.8, 4) is 5.75 Å². The third-order valence-electron chi connectivity index (χ3n) is 3.90. The smallest absolute Gasteiger partial charge is 0.341 e. The highest BCUT2D eigenvalue weighted by Gasteiger charge is 2.16. The number of nitrogens with two attached hydrogens (primary N) is 1. The van der Waals surface area contributed by atoms with Crippen LogP contribution in [0.2, 0.25) is 0 Å². The molecule has 27 heavy (non-hydrogen) atoms. The van der Waals surface area contributed by atoms with Crippen LogP contribution in [-0.2, 0) is 0 Å². The summed E-state index contributed by atoms with van der Waals surface area (Å²) in [7, 11) is 0. The number of hydrogen-bond acceptors (Lipinski definition) is 7. The Kier molecular flexibility index (Phi) is 6.54. The fraction of sp³-hybridized carbons (Fsp3) is 0.294. The summed E-state index contributed by atoms with van der Waals surface area (Å²) in [6.07, 6.45) is 6.18. The van der Waals surface area contributed by atoms with Gasteiger partial charge < -0.3 is 20.9 Å². The van der Waals surface area contributed by atoms with Crippen LogP contribution in [0, 0.1) is 0 Å². The van der Waals surface area contributed by atoms with Crippen LogP contribution in [0.25, 0.3) is 5.65 Å². The summed E-state index contributed by atoms with van der Waals surface area (Å²) in [5, 5.41) is 16.4. The number of anilines is 1. The minimum absolute atomic E-state index is 0. The van der Waals surface area contributed by atoms with Crippen LogP contribution in [0.4, 0.5) is 5.82 Å². The molecule has 0 aliphatic rings. The maximum absolute atomic E-state index is 11.3. The molecule has 3 aromatic heterocycles. The fourth-order valence-corrected chi connectivity index (χ4v) is 2.49. The summed E-state index contributed by atoms with van der Waals surface area (Å²) in [5.41, 5.74) is 6.79. The van der Waals surface area contributed by atoms with Gasteiger partial charge in [0.15, 0.2) is 5.65 Å². The first-order chi connectivity index (χ1) is 12.5. The fourth-order valence-electron chi connectivity index (χ4n) is 2.49. The van der Waals surface area contributed by atoms with E-state index < -0.39 is 5.97 Å². The van der Waals surface area contributed by atoms with Gasteiger partial charge in [-0.05, 0) is 26.0 Å². The Labute approximate surface area is 162 Å². The summed E-state index contributed by atoms with van der Waals surface area (Å²) >= 11 is 0. The van der Waals surface area contributed by atoms with Gasteiger partial charge in [0.1, 0.15) is 23.2 Å². The Morgan fingerprint density at radius 1 is 1.37 bits per heavy atom. The lowest BCUT2D eigenvalue weighted by molar-refractivity contribution is 0.0698. The number of aromatic carboxylic acids is 1. The third kappa shape index (κ3) is 4.44. The van der Waals surface area contributed by atoms with Crippen LogP contribution in [0.3, 0.4) is 0 Å². The molecule has 3 heterocycles. The zero-order valence-corrected chi connectivity index (χ0v) is 15.7. The normalized spacial score (nSPS) is 12.9. The van der Waals surface area contributed by atoms with E-state index in [1.165, 1.54) is 10.7 Å². The van der Waals surface area contributed by atoms with E-state index in [9.17, 15) is 9.90 Å². The largest absolute Gasteiger partial charge is 0.489 e. The highest BCUT2D eigenvalue weighted by molar-refractivity contribution is 5.94. The number of fused-ring (bicyclic) bond motifs is 1. The second-order valence-electron chi connectivity index (χ2n) is 5.89. The van der Waals surface area contributed by atoms with Crippen molar-refractivity contribution in [1.82, 2.24) is 19.6 Å². The molecule has 0 saturated carbocycles. The Morgan fingerprint density at radius 2 is 2.15 bits per heavy atom. The quantitative estimate of drug-likeness (QED) is 0.558. The molecule has 2 atom stereocenters. The van der Waals surface area contributed by atoms with Crippen LogP contribution in [0.1, 0.15) is 35.8 Å². The maximum atomic E-state index is 11.3. The number of hydrogen-bond donors (Lipinski definition) is 3. The molecule has 9 nitrogen and oxygen atoms in total. The number of pyridine rings is 1. The van der Waals surface area contributed by atoms with Crippen molar-refractivity contribution in [1.29, 1.82) is 0 Å². The third-order valence-corrected chi connectivity index (χ3v) is 3.90. The first-order valence-corrected chi connectivity index (χ1v) is 8.14. The average molecular weight is 393 g/mol. The summed E-state index contributed by atoms with van der Waals surface area (Å²) in [5.74, 6) is 0.140. The number of nitrogens with zero attached hydrogens (tertiary/aromatic N) is 4. The van der Waals surface area contributed by atoms with Gasteiger partial charge in [-0.25, -0.2) is 14.3 Å². The monoisotopic (exact) mass is 392 g/mol. The Balaban J connectivity index is 0.00000261. The van der Waals surface area contributed by atoms with Gasteiger partial charge in [-0.1, -0.05) is 0 Å². The lowest BCUT2D eigenvalue weighted by atomic mass is 10.1. The van der Waals surface area contributed by atoms with Gasteiger partial charge in [-0.3, -0.25) is 4.98 Å². The molecule has 3 rings (SSSR count). The molecule has 0 fully saturated rings. The van der Waals surface area contributed by atoms with Gasteiger partial charge >= 0.3 is 5.97 Å². The Bertz CT molecular complexity index is 932. The van der Waals surface area contributed by atoms with Gasteiger partial charge in [0, 0.05) is 30.7 Å². The zero-order chi connectivity index (χ0) is 18.7. The van der Waals surface area contributed by atoms with E-state index in [4.69, 9.17) is 10.5 Å². The number of halogens is 1. The minimum atomic E-state index is -1.07. The first kappa shape index (κ1) is 20.4. The van der Waals surface area contributed by atoms with E-state index in [0.29, 0.717) is 18.1 Å². The predicted octanol–water partition coefficient (Wildman–Crippen LogP) is 2.14. The van der Waals surface area contributed by atoms with Gasteiger partial charge in [0.05, 0.1) is 12.2 Å². The molecule has 0 unspecified atom stereocenters. The van der Waals surface area contributed by atoms with E-state index in [-0.39, 0.29) is 35.8 Å². The summed E-state index contributed by atoms with van der Waals surface area (Å²) in [6.45, 7) is 4.24. The summed E-state index contributed by atoms with van der Waals surface area (Å²) < 4.78 is 7.26. The van der Waals surface area contributed by atoms with E-state index in [0.717, 1.165) is 5.56 Å². The molecule has 3 aromatic rings. The number of aromatic nitrogens is 4. The van der Waals surface area contributed by atoms with Gasteiger partial charge in [-0.15, -0.1) is 12.4 Å². The average Bonchev–Trinajstić information content (AvgIpc) is 3.05. The van der Waals surface area contributed by atoms with Crippen molar-refractivity contribution in [2.75, 3.05) is 11.9 Å². The molecule has 0 saturated heterocycles. The summed E-state index contributed by atoms with van der Waals surface area (Å²) in [6, 6.07) is 3.34. The number of ether oxygens (including phenoxy) is 1. The number of nitrogens with one attached hydrogen (secondary N) is 1. The molecule has 10 heteroatoms. The van der Waals surface area contributed by atoms with Gasteiger partial charge in [0.2, 0.25) is 0 Å². The van der Waals surface area contributed by atoms with Gasteiger partial charge in [-0.2, -0.15) is 5.10 Å². The topological polar surface area (TPSA) is 128 Å². The molecule has 0 radical (unpaired) electrons. The number of carbonyl (C=O) groups is 1. The standard InChI is InChI=1S/C17H20N6O3.ClH/c1-10(7-18)26-14-3-5-19-8-12(14)11(2)21-15-4-6-23-16(22-15)13(9-20-23)17(24)25;/h3-6,8-11H,7,18H2,1-2H3,(H,21,22)(H,24,25);1H/t10-,11+;/m0./s1. The second-order valence-corrected chi connectivity index (χ2v) is 5.89. The maximum Gasteiger partial charge on any atom is 0.341 e. The predicted molar refractivity (Wildman–Crippen MR) is 103 cm³/mol. The van der Waals surface area contributed by atoms with E-state index >= 15 is 0 Å². The van der Waals surface area contributed by atoms with Crippen LogP contribution >= 0.6 is 12.4 Å². The van der Waals surface area contributed by atoms with Crippen LogP contribution < -0.4 is 15.8 Å². The molecule has 0 aliphatic carbocycles. The lowest BCUT2D eigenvalue weighted by Gasteiger charge is -2.20. The second kappa shape index (κ2) is 8.65. The van der Waals surface area contributed by atoms with Crippen molar-refractivity contribution in [2.45, 2.75) is 26.0 Å². The minimum Gasteiger partial charge on any atom is -0.489 e. The first-order valence-electron chi connectivity index (χ1n) is 8.14. The summed E-state index contributed by atoms with van der Waals surface area (Å²) in [4.78, 5) is 19.8. The lowest BCUT2D eigenvalue weighted by Crippen LogP contribution is -2.24. The highest BCUT2D eigenvalue weighted by atomic mass is 35.5. The van der Waals surface area contributed by atoms with Crippen molar-refractivity contribution >= 4 is 29.8 Å². The van der Waals surface area contributed by atoms with Crippen molar-refractivity contribution < 1.29 is 14.6 Å². The molecular formula is C17H21ClN6O3. The molecule has 0 spiro atoms. The van der Waals surface area contributed by atoms with Crippen molar-refractivity contribution in [2.24, 2.45) is 5.73 Å². The molecule has 0 aliphatic heterocycles. The van der Waals surface area contributed by atoms with E-state index in [1.54, 1.807) is 30.7 Å². The van der Waals surface area contributed by atoms with Crippen molar-refractivity contribution in [3.05, 3.63) is 48.0 Å². The molecule has 144 valence electrons. The molecule has 0 aromatic carbocycles. The highest BCUT2D eigenvalue weighted by Crippen LogP contribution is 2.27. The molecule has 0 amide bonds. The number of rotatable bonds is 7. The van der Waals surface area contributed by atoms with E-state index in [1.807, 2.05) is 13.8 Å². The SMILES string of the molecule is C[C@@H](CN)Oc1ccncc1[C@@H](C)Nc1ccn2ncc(C(=O)O)c2n1.Cl. The molecule has 4 N–H and O–H groups in total. The number of carboxylic acid groups (broad SMARTS) is 1. The van der Waals surface area contributed by atoms with E-state index in [2.05, 4.69) is 20.4 Å². The van der Waals surface area contributed by atoms with Crippen LogP contribution in [-0.4, -0.2) is 43.3 Å². The van der Waals surface area contributed by atoms with Crippen LogP contribution in [0.5, 0.6) is 5.75 Å². The zero-order valence-electron chi connectivity index (χ0n) is 14.9.